The molecule has 106 valence electrons. The molecule has 2 heterocycles. The first kappa shape index (κ1) is 13.3. The van der Waals surface area contributed by atoms with Crippen molar-refractivity contribution >= 4 is 0 Å². The maximum Gasteiger partial charge on any atom is 0.123 e. The maximum atomic E-state index is 13.0. The standard InChI is InChI=1S/C15H17FN2O2/c16-12-5-3-10(4-6-12)14-13(8-17-18-14)15(19)11-2-1-7-20-9-11/h3-6,8,11,15,19H,1-2,7,9H2,(H,17,18). The SMILES string of the molecule is OC(c1cn[nH]c1-c1ccc(F)cc1)C1CCCOC1. The van der Waals surface area contributed by atoms with Gasteiger partial charge in [0, 0.05) is 23.7 Å². The molecule has 0 bridgehead atoms. The quantitative estimate of drug-likeness (QED) is 0.906. The fraction of sp³-hybridized carbons (Fsp3) is 0.400. The molecule has 20 heavy (non-hydrogen) atoms. The van der Waals surface area contributed by atoms with Gasteiger partial charge in [-0.15, -0.1) is 0 Å². The van der Waals surface area contributed by atoms with E-state index < -0.39 is 6.10 Å². The number of hydrogen-bond acceptors (Lipinski definition) is 3. The van der Waals surface area contributed by atoms with Crippen molar-refractivity contribution in [1.29, 1.82) is 0 Å². The summed E-state index contributed by atoms with van der Waals surface area (Å²) in [6.45, 7) is 1.33. The summed E-state index contributed by atoms with van der Waals surface area (Å²) in [5.41, 5.74) is 2.30. The summed E-state index contributed by atoms with van der Waals surface area (Å²) in [5, 5.41) is 17.4. The second-order valence-electron chi connectivity index (χ2n) is 5.13. The molecule has 2 atom stereocenters. The van der Waals surface area contributed by atoms with Crippen LogP contribution >= 0.6 is 0 Å². The Balaban J connectivity index is 1.87. The van der Waals surface area contributed by atoms with Crippen LogP contribution < -0.4 is 0 Å². The van der Waals surface area contributed by atoms with Gasteiger partial charge in [-0.25, -0.2) is 4.39 Å². The van der Waals surface area contributed by atoms with E-state index in [1.165, 1.54) is 12.1 Å². The Kier molecular flexibility index (Phi) is 3.80. The van der Waals surface area contributed by atoms with Gasteiger partial charge in [0.25, 0.3) is 0 Å². The third kappa shape index (κ3) is 2.59. The number of aliphatic hydroxyl groups excluding tert-OH is 1. The Hall–Kier alpha value is -1.72. The molecule has 1 fully saturated rings. The zero-order valence-electron chi connectivity index (χ0n) is 11.1. The van der Waals surface area contributed by atoms with Gasteiger partial charge in [0.2, 0.25) is 0 Å². The average molecular weight is 276 g/mol. The Morgan fingerprint density at radius 2 is 2.15 bits per heavy atom. The lowest BCUT2D eigenvalue weighted by Crippen LogP contribution is -2.23. The van der Waals surface area contributed by atoms with Crippen molar-refractivity contribution in [2.45, 2.75) is 18.9 Å². The van der Waals surface area contributed by atoms with Crippen LogP contribution in [0.1, 0.15) is 24.5 Å². The molecular formula is C15H17FN2O2. The molecule has 0 amide bonds. The first-order chi connectivity index (χ1) is 9.75. The molecule has 0 spiro atoms. The van der Waals surface area contributed by atoms with E-state index in [0.29, 0.717) is 6.61 Å². The van der Waals surface area contributed by atoms with E-state index in [1.54, 1.807) is 18.3 Å². The third-order valence-corrected chi connectivity index (χ3v) is 3.76. The number of rotatable bonds is 3. The number of aromatic nitrogens is 2. The van der Waals surface area contributed by atoms with E-state index in [4.69, 9.17) is 4.74 Å². The number of benzene rings is 1. The molecule has 0 aliphatic carbocycles. The van der Waals surface area contributed by atoms with E-state index in [9.17, 15) is 9.50 Å². The van der Waals surface area contributed by atoms with Gasteiger partial charge in [-0.05, 0) is 37.1 Å². The number of nitrogens with one attached hydrogen (secondary N) is 1. The Morgan fingerprint density at radius 3 is 2.85 bits per heavy atom. The van der Waals surface area contributed by atoms with Gasteiger partial charge in [-0.3, -0.25) is 5.10 Å². The van der Waals surface area contributed by atoms with Crippen LogP contribution in [0.5, 0.6) is 0 Å². The Morgan fingerprint density at radius 1 is 1.35 bits per heavy atom. The zero-order chi connectivity index (χ0) is 13.9. The summed E-state index contributed by atoms with van der Waals surface area (Å²) in [4.78, 5) is 0. The van der Waals surface area contributed by atoms with Gasteiger partial charge in [0.15, 0.2) is 0 Å². The molecule has 1 aromatic heterocycles. The molecule has 4 nitrogen and oxygen atoms in total. The summed E-state index contributed by atoms with van der Waals surface area (Å²) >= 11 is 0. The van der Waals surface area contributed by atoms with Crippen LogP contribution in [-0.4, -0.2) is 28.5 Å². The fourth-order valence-corrected chi connectivity index (χ4v) is 2.64. The summed E-state index contributed by atoms with van der Waals surface area (Å²) in [6, 6.07) is 6.15. The lowest BCUT2D eigenvalue weighted by Gasteiger charge is -2.26. The van der Waals surface area contributed by atoms with E-state index in [-0.39, 0.29) is 11.7 Å². The molecule has 0 radical (unpaired) electrons. The van der Waals surface area contributed by atoms with Crippen LogP contribution in [0.4, 0.5) is 4.39 Å². The highest BCUT2D eigenvalue weighted by molar-refractivity contribution is 5.63. The van der Waals surface area contributed by atoms with Gasteiger partial charge in [0.05, 0.1) is 24.6 Å². The van der Waals surface area contributed by atoms with E-state index in [2.05, 4.69) is 10.2 Å². The second kappa shape index (κ2) is 5.73. The van der Waals surface area contributed by atoms with Crippen molar-refractivity contribution in [2.75, 3.05) is 13.2 Å². The summed E-state index contributed by atoms with van der Waals surface area (Å²) < 4.78 is 18.4. The lowest BCUT2D eigenvalue weighted by molar-refractivity contribution is -0.00974. The van der Waals surface area contributed by atoms with Crippen LogP contribution in [0.25, 0.3) is 11.3 Å². The van der Waals surface area contributed by atoms with Crippen molar-refractivity contribution in [3.8, 4) is 11.3 Å². The minimum Gasteiger partial charge on any atom is -0.388 e. The molecule has 2 aromatic rings. The molecule has 2 N–H and O–H groups in total. The van der Waals surface area contributed by atoms with E-state index in [0.717, 1.165) is 36.3 Å². The van der Waals surface area contributed by atoms with Crippen molar-refractivity contribution in [3.63, 3.8) is 0 Å². The molecule has 1 aliphatic rings. The molecule has 1 aromatic carbocycles. The zero-order valence-corrected chi connectivity index (χ0v) is 11.1. The Bertz CT molecular complexity index is 562. The molecule has 0 saturated carbocycles. The molecular weight excluding hydrogens is 259 g/mol. The smallest absolute Gasteiger partial charge is 0.123 e. The van der Waals surface area contributed by atoms with Crippen molar-refractivity contribution in [2.24, 2.45) is 5.92 Å². The number of hydrogen-bond donors (Lipinski definition) is 2. The van der Waals surface area contributed by atoms with Crippen LogP contribution in [0, 0.1) is 11.7 Å². The van der Waals surface area contributed by atoms with E-state index >= 15 is 0 Å². The van der Waals surface area contributed by atoms with Crippen molar-refractivity contribution in [1.82, 2.24) is 10.2 Å². The first-order valence-electron chi connectivity index (χ1n) is 6.80. The van der Waals surface area contributed by atoms with Crippen LogP contribution in [-0.2, 0) is 4.74 Å². The molecule has 1 saturated heterocycles. The predicted molar refractivity (Wildman–Crippen MR) is 72.5 cm³/mol. The molecule has 2 unspecified atom stereocenters. The molecule has 5 heteroatoms. The van der Waals surface area contributed by atoms with E-state index in [1.807, 2.05) is 0 Å². The number of H-pyrrole nitrogens is 1. The summed E-state index contributed by atoms with van der Waals surface area (Å²) in [7, 11) is 0. The van der Waals surface area contributed by atoms with Gasteiger partial charge in [-0.1, -0.05) is 0 Å². The number of aromatic amines is 1. The van der Waals surface area contributed by atoms with Gasteiger partial charge in [0.1, 0.15) is 5.82 Å². The van der Waals surface area contributed by atoms with Crippen molar-refractivity contribution < 1.29 is 14.2 Å². The number of aliphatic hydroxyl groups is 1. The predicted octanol–water partition coefficient (Wildman–Crippen LogP) is 2.68. The summed E-state index contributed by atoms with van der Waals surface area (Å²) in [5.74, 6) is -0.198. The summed E-state index contributed by atoms with van der Waals surface area (Å²) in [6.07, 6.45) is 2.92. The highest BCUT2D eigenvalue weighted by atomic mass is 19.1. The third-order valence-electron chi connectivity index (χ3n) is 3.76. The average Bonchev–Trinajstić information content (AvgIpc) is 2.97. The van der Waals surface area contributed by atoms with Crippen LogP contribution in [0.2, 0.25) is 0 Å². The number of halogens is 1. The number of ether oxygens (including phenoxy) is 1. The van der Waals surface area contributed by atoms with Crippen LogP contribution in [0.3, 0.4) is 0 Å². The minimum atomic E-state index is -0.617. The maximum absolute atomic E-state index is 13.0. The first-order valence-corrected chi connectivity index (χ1v) is 6.80. The topological polar surface area (TPSA) is 58.1 Å². The highest BCUT2D eigenvalue weighted by Crippen LogP contribution is 2.33. The highest BCUT2D eigenvalue weighted by Gasteiger charge is 2.26. The lowest BCUT2D eigenvalue weighted by atomic mass is 9.90. The molecule has 3 rings (SSSR count). The van der Waals surface area contributed by atoms with Crippen LogP contribution in [0.15, 0.2) is 30.5 Å². The monoisotopic (exact) mass is 276 g/mol. The second-order valence-corrected chi connectivity index (χ2v) is 5.13. The number of nitrogens with zero attached hydrogens (tertiary/aromatic N) is 1. The Labute approximate surface area is 116 Å². The normalized spacial score (nSPS) is 20.8. The van der Waals surface area contributed by atoms with Gasteiger partial charge >= 0.3 is 0 Å². The minimum absolute atomic E-state index is 0.0838. The van der Waals surface area contributed by atoms with Crippen molar-refractivity contribution in [3.05, 3.63) is 41.8 Å². The molecule has 1 aliphatic heterocycles. The van der Waals surface area contributed by atoms with Gasteiger partial charge in [-0.2, -0.15) is 5.10 Å². The fourth-order valence-electron chi connectivity index (χ4n) is 2.64. The van der Waals surface area contributed by atoms with Gasteiger partial charge < -0.3 is 9.84 Å². The largest absolute Gasteiger partial charge is 0.388 e.